The van der Waals surface area contributed by atoms with Crippen LogP contribution in [0.2, 0.25) is 5.02 Å². The van der Waals surface area contributed by atoms with Crippen LogP contribution in [0.5, 0.6) is 0 Å². The summed E-state index contributed by atoms with van der Waals surface area (Å²) < 4.78 is 0. The quantitative estimate of drug-likeness (QED) is 0.604. The van der Waals surface area contributed by atoms with Gasteiger partial charge in [0.15, 0.2) is 0 Å². The lowest BCUT2D eigenvalue weighted by Crippen LogP contribution is -2.43. The zero-order chi connectivity index (χ0) is 19.2. The molecule has 0 saturated heterocycles. The number of hydrogen-bond acceptors (Lipinski definition) is 2. The third kappa shape index (κ3) is 5.25. The highest BCUT2D eigenvalue weighted by Gasteiger charge is 2.31. The molecule has 1 heterocycles. The van der Waals surface area contributed by atoms with Gasteiger partial charge in [0.25, 0.3) is 0 Å². The van der Waals surface area contributed by atoms with E-state index in [1.54, 1.807) is 5.01 Å². The number of hydrogen-bond donors (Lipinski definition) is 1. The van der Waals surface area contributed by atoms with Gasteiger partial charge in [0.2, 0.25) is 0 Å². The van der Waals surface area contributed by atoms with E-state index in [0.717, 1.165) is 41.1 Å². The fourth-order valence-electron chi connectivity index (χ4n) is 4.14. The third-order valence-corrected chi connectivity index (χ3v) is 6.21. The van der Waals surface area contributed by atoms with Crippen molar-refractivity contribution in [2.24, 2.45) is 11.0 Å². The second kappa shape index (κ2) is 9.59. The Hall–Kier alpha value is -1.55. The molecule has 1 N–H and O–H groups in total. The third-order valence-electron chi connectivity index (χ3n) is 5.79. The van der Waals surface area contributed by atoms with Gasteiger partial charge in [0.1, 0.15) is 0 Å². The van der Waals surface area contributed by atoms with Gasteiger partial charge < -0.3 is 5.32 Å². The first-order valence-electron chi connectivity index (χ1n) is 10.5. The van der Waals surface area contributed by atoms with E-state index in [4.69, 9.17) is 16.7 Å². The zero-order valence-electron chi connectivity index (χ0n) is 16.6. The number of carbonyl (C=O) groups excluding carboxylic acids is 1. The van der Waals surface area contributed by atoms with E-state index in [9.17, 15) is 4.79 Å². The Bertz CT molecular complexity index is 682. The van der Waals surface area contributed by atoms with Crippen LogP contribution in [0.4, 0.5) is 4.79 Å². The summed E-state index contributed by atoms with van der Waals surface area (Å²) in [5, 5.41) is 10.4. The van der Waals surface area contributed by atoms with Crippen molar-refractivity contribution < 1.29 is 4.79 Å². The molecule has 1 aliphatic heterocycles. The first-order chi connectivity index (χ1) is 13.1. The maximum Gasteiger partial charge on any atom is 0.338 e. The van der Waals surface area contributed by atoms with Crippen LogP contribution in [0.15, 0.2) is 23.3 Å². The molecule has 4 nitrogen and oxygen atoms in total. The molecule has 0 bridgehead atoms. The molecule has 0 aromatic heterocycles. The second-order valence-corrected chi connectivity index (χ2v) is 8.42. The van der Waals surface area contributed by atoms with Crippen molar-refractivity contribution >= 4 is 23.3 Å². The van der Waals surface area contributed by atoms with Crippen molar-refractivity contribution in [3.05, 3.63) is 34.3 Å². The van der Waals surface area contributed by atoms with Gasteiger partial charge in [-0.05, 0) is 49.4 Å². The number of rotatable bonds is 6. The molecule has 1 fully saturated rings. The van der Waals surface area contributed by atoms with Gasteiger partial charge in [-0.25, -0.2) is 9.80 Å². The minimum absolute atomic E-state index is 0.0388. The molecule has 148 valence electrons. The Balaban J connectivity index is 1.73. The highest BCUT2D eigenvalue weighted by molar-refractivity contribution is 6.31. The molecule has 0 spiro atoms. The molecule has 5 heteroatoms. The number of nitrogens with one attached hydrogen (secondary N) is 1. The largest absolute Gasteiger partial charge is 0.338 e. The van der Waals surface area contributed by atoms with E-state index in [0.29, 0.717) is 18.5 Å². The molecular weight excluding hydrogens is 358 g/mol. The summed E-state index contributed by atoms with van der Waals surface area (Å²) in [6.07, 6.45) is 10.5. The zero-order valence-corrected chi connectivity index (χ0v) is 17.4. The Labute approximate surface area is 168 Å². The molecule has 2 amide bonds. The van der Waals surface area contributed by atoms with Crippen LogP contribution in [0, 0.1) is 12.8 Å². The average Bonchev–Trinajstić information content (AvgIpc) is 3.09. The van der Waals surface area contributed by atoms with Gasteiger partial charge in [0, 0.05) is 17.0 Å². The molecular formula is C22H32ClN3O. The van der Waals surface area contributed by atoms with Crippen molar-refractivity contribution in [2.45, 2.75) is 77.7 Å². The van der Waals surface area contributed by atoms with Gasteiger partial charge in [0.05, 0.1) is 12.3 Å². The highest BCUT2D eigenvalue weighted by Crippen LogP contribution is 2.27. The fourth-order valence-corrected chi connectivity index (χ4v) is 4.26. The predicted molar refractivity (Wildman–Crippen MR) is 112 cm³/mol. The van der Waals surface area contributed by atoms with Crippen molar-refractivity contribution in [3.63, 3.8) is 0 Å². The molecule has 1 aromatic carbocycles. The SMILES string of the molecule is CCCCCC1CN(C(=O)NC2CCCCC2)N=C1c1ccc(Cl)c(C)c1. The maximum atomic E-state index is 12.8. The van der Waals surface area contributed by atoms with E-state index in [-0.39, 0.29) is 6.03 Å². The smallest absolute Gasteiger partial charge is 0.334 e. The lowest BCUT2D eigenvalue weighted by atomic mass is 9.92. The van der Waals surface area contributed by atoms with Crippen LogP contribution >= 0.6 is 11.6 Å². The van der Waals surface area contributed by atoms with Gasteiger partial charge in [-0.3, -0.25) is 0 Å². The van der Waals surface area contributed by atoms with Crippen molar-refractivity contribution in [2.75, 3.05) is 6.54 Å². The second-order valence-electron chi connectivity index (χ2n) is 8.01. The first-order valence-corrected chi connectivity index (χ1v) is 10.9. The monoisotopic (exact) mass is 389 g/mol. The molecule has 1 saturated carbocycles. The van der Waals surface area contributed by atoms with Gasteiger partial charge >= 0.3 is 6.03 Å². The number of benzene rings is 1. The minimum Gasteiger partial charge on any atom is -0.334 e. The summed E-state index contributed by atoms with van der Waals surface area (Å²) >= 11 is 6.20. The lowest BCUT2D eigenvalue weighted by Gasteiger charge is -2.24. The van der Waals surface area contributed by atoms with Crippen LogP contribution in [-0.4, -0.2) is 29.3 Å². The summed E-state index contributed by atoms with van der Waals surface area (Å²) in [5.74, 6) is 0.300. The number of unbranched alkanes of at least 4 members (excludes halogenated alkanes) is 2. The number of carbonyl (C=O) groups is 1. The van der Waals surface area contributed by atoms with E-state index < -0.39 is 0 Å². The van der Waals surface area contributed by atoms with Crippen molar-refractivity contribution in [1.82, 2.24) is 10.3 Å². The summed E-state index contributed by atoms with van der Waals surface area (Å²) in [6.45, 7) is 4.91. The van der Waals surface area contributed by atoms with E-state index in [1.807, 2.05) is 19.1 Å². The van der Waals surface area contributed by atoms with Crippen LogP contribution < -0.4 is 5.32 Å². The lowest BCUT2D eigenvalue weighted by molar-refractivity contribution is 0.193. The number of amides is 2. The molecule has 1 atom stereocenters. The Morgan fingerprint density at radius 3 is 2.74 bits per heavy atom. The summed E-state index contributed by atoms with van der Waals surface area (Å²) in [6, 6.07) is 6.33. The van der Waals surface area contributed by atoms with Crippen LogP contribution in [0.25, 0.3) is 0 Å². The maximum absolute atomic E-state index is 12.8. The number of hydrazone groups is 1. The molecule has 1 aliphatic carbocycles. The van der Waals surface area contributed by atoms with E-state index in [2.05, 4.69) is 18.3 Å². The standard InChI is InChI=1S/C22H32ClN3O/c1-3-4-6-9-18-15-26(22(27)24-19-10-7-5-8-11-19)25-21(18)17-12-13-20(23)16(2)14-17/h12-14,18-19H,3-11,15H2,1-2H3,(H,24,27). The first kappa shape index (κ1) is 20.2. The van der Waals surface area contributed by atoms with Gasteiger partial charge in [-0.15, -0.1) is 0 Å². The van der Waals surface area contributed by atoms with Crippen LogP contribution in [0.3, 0.4) is 0 Å². The summed E-state index contributed by atoms with van der Waals surface area (Å²) in [4.78, 5) is 12.8. The Morgan fingerprint density at radius 1 is 1.26 bits per heavy atom. The topological polar surface area (TPSA) is 44.7 Å². The minimum atomic E-state index is -0.0388. The van der Waals surface area contributed by atoms with E-state index in [1.165, 1.54) is 38.5 Å². The molecule has 1 unspecified atom stereocenters. The summed E-state index contributed by atoms with van der Waals surface area (Å²) in [7, 11) is 0. The van der Waals surface area contributed by atoms with Crippen LogP contribution in [-0.2, 0) is 0 Å². The molecule has 1 aromatic rings. The molecule has 2 aliphatic rings. The number of nitrogens with zero attached hydrogens (tertiary/aromatic N) is 2. The molecule has 0 radical (unpaired) electrons. The fraction of sp³-hybridized carbons (Fsp3) is 0.636. The van der Waals surface area contributed by atoms with Crippen molar-refractivity contribution in [1.29, 1.82) is 0 Å². The molecule has 27 heavy (non-hydrogen) atoms. The predicted octanol–water partition coefficient (Wildman–Crippen LogP) is 5.91. The van der Waals surface area contributed by atoms with E-state index >= 15 is 0 Å². The number of halogens is 1. The Kier molecular flexibility index (Phi) is 7.17. The van der Waals surface area contributed by atoms with Crippen LogP contribution in [0.1, 0.15) is 75.8 Å². The molecule has 3 rings (SSSR count). The average molecular weight is 390 g/mol. The Morgan fingerprint density at radius 2 is 2.04 bits per heavy atom. The number of urea groups is 1. The van der Waals surface area contributed by atoms with Crippen molar-refractivity contribution in [3.8, 4) is 0 Å². The van der Waals surface area contributed by atoms with Gasteiger partial charge in [-0.1, -0.05) is 63.1 Å². The summed E-state index contributed by atoms with van der Waals surface area (Å²) in [5.41, 5.74) is 3.17. The normalized spacial score (nSPS) is 20.6. The number of aryl methyl sites for hydroxylation is 1. The highest BCUT2D eigenvalue weighted by atomic mass is 35.5. The van der Waals surface area contributed by atoms with Gasteiger partial charge in [-0.2, -0.15) is 5.10 Å².